The van der Waals surface area contributed by atoms with E-state index in [1.165, 1.54) is 6.42 Å². The Labute approximate surface area is 358 Å². The molecule has 0 aliphatic carbocycles. The van der Waals surface area contributed by atoms with Crippen molar-refractivity contribution >= 4 is 5.91 Å². The summed E-state index contributed by atoms with van der Waals surface area (Å²) in [6, 6.07) is -0.919. The third kappa shape index (κ3) is 21.0. The normalized spacial score (nSPS) is 29.0. The first-order chi connectivity index (χ1) is 29.1. The average molecular weight is 852 g/mol. The zero-order chi connectivity index (χ0) is 44.0. The molecule has 2 aliphatic rings. The molecule has 0 bridgehead atoms. The topological polar surface area (TPSA) is 228 Å². The van der Waals surface area contributed by atoms with Gasteiger partial charge in [0.25, 0.3) is 0 Å². The Kier molecular flexibility index (Phi) is 29.5. The van der Waals surface area contributed by atoms with E-state index >= 15 is 0 Å². The Morgan fingerprint density at radius 2 is 1.15 bits per heavy atom. The lowest BCUT2D eigenvalue weighted by molar-refractivity contribution is -0.359. The van der Waals surface area contributed by atoms with E-state index in [1.54, 1.807) is 12.2 Å². The van der Waals surface area contributed by atoms with Crippen molar-refractivity contribution in [1.82, 2.24) is 5.32 Å². The number of hydrogen-bond donors (Lipinski definition) is 9. The van der Waals surface area contributed by atoms with Crippen molar-refractivity contribution in [2.45, 2.75) is 190 Å². The van der Waals surface area contributed by atoms with Crippen LogP contribution < -0.4 is 5.32 Å². The molecule has 9 N–H and O–H groups in total. The Hall–Kier alpha value is -2.57. The predicted molar refractivity (Wildman–Crippen MR) is 230 cm³/mol. The lowest BCUT2D eigenvalue weighted by Crippen LogP contribution is -2.65. The number of ether oxygens (including phenoxy) is 4. The summed E-state index contributed by atoms with van der Waals surface area (Å²) in [6.45, 7) is 2.39. The van der Waals surface area contributed by atoms with Crippen LogP contribution in [-0.2, 0) is 23.7 Å². The second-order valence-electron chi connectivity index (χ2n) is 15.4. The van der Waals surface area contributed by atoms with Gasteiger partial charge >= 0.3 is 0 Å². The summed E-state index contributed by atoms with van der Waals surface area (Å²) < 4.78 is 22.4. The van der Waals surface area contributed by atoms with Gasteiger partial charge in [0.1, 0.15) is 48.8 Å². The van der Waals surface area contributed by atoms with E-state index in [9.17, 15) is 45.6 Å². The molecule has 0 aromatic rings. The molecule has 0 spiro atoms. The lowest BCUT2D eigenvalue weighted by atomic mass is 9.97. The molecule has 12 unspecified atom stereocenters. The second kappa shape index (κ2) is 33.0. The van der Waals surface area contributed by atoms with Crippen molar-refractivity contribution in [3.8, 4) is 0 Å². The summed E-state index contributed by atoms with van der Waals surface area (Å²) >= 11 is 0. The van der Waals surface area contributed by atoms with Crippen LogP contribution in [0.1, 0.15) is 117 Å². The van der Waals surface area contributed by atoms with E-state index < -0.39 is 86.8 Å². The van der Waals surface area contributed by atoms with Gasteiger partial charge in [-0.2, -0.15) is 0 Å². The monoisotopic (exact) mass is 852 g/mol. The molecule has 12 atom stereocenters. The van der Waals surface area contributed by atoms with Gasteiger partial charge in [-0.25, -0.2) is 0 Å². The summed E-state index contributed by atoms with van der Waals surface area (Å²) in [6.07, 6.45) is 23.5. The van der Waals surface area contributed by atoms with E-state index in [1.807, 2.05) is 6.92 Å². The van der Waals surface area contributed by atoms with E-state index in [4.69, 9.17) is 18.9 Å². The zero-order valence-electron chi connectivity index (χ0n) is 35.9. The number of allylic oxidation sites excluding steroid dienone is 11. The van der Waals surface area contributed by atoms with Gasteiger partial charge < -0.3 is 65.1 Å². The summed E-state index contributed by atoms with van der Waals surface area (Å²) in [7, 11) is 0. The third-order valence-electron chi connectivity index (χ3n) is 10.4. The van der Waals surface area contributed by atoms with Crippen LogP contribution in [-0.4, -0.2) is 140 Å². The summed E-state index contributed by atoms with van der Waals surface area (Å²) in [5.41, 5.74) is 0. The Balaban J connectivity index is 1.70. The van der Waals surface area contributed by atoms with E-state index in [2.05, 4.69) is 73.0 Å². The van der Waals surface area contributed by atoms with Gasteiger partial charge in [0.2, 0.25) is 5.91 Å². The average Bonchev–Trinajstić information content (AvgIpc) is 3.24. The molecule has 14 heteroatoms. The van der Waals surface area contributed by atoms with Crippen molar-refractivity contribution < 1.29 is 64.6 Å². The van der Waals surface area contributed by atoms with Gasteiger partial charge in [0.15, 0.2) is 12.6 Å². The van der Waals surface area contributed by atoms with Crippen LogP contribution in [0.5, 0.6) is 0 Å². The van der Waals surface area contributed by atoms with Gasteiger partial charge in [-0.05, 0) is 57.8 Å². The molecule has 2 saturated heterocycles. The smallest absolute Gasteiger partial charge is 0.220 e. The van der Waals surface area contributed by atoms with Crippen LogP contribution >= 0.6 is 0 Å². The highest BCUT2D eigenvalue weighted by Gasteiger charge is 2.50. The highest BCUT2D eigenvalue weighted by atomic mass is 16.7. The lowest BCUT2D eigenvalue weighted by Gasteiger charge is -2.46. The Bertz CT molecular complexity index is 1280. The summed E-state index contributed by atoms with van der Waals surface area (Å²) in [5, 5.41) is 85.6. The first-order valence-electron chi connectivity index (χ1n) is 22.2. The van der Waals surface area contributed by atoms with Crippen LogP contribution in [0, 0.1) is 0 Å². The number of nitrogens with one attached hydrogen (secondary N) is 1. The van der Waals surface area contributed by atoms with Crippen LogP contribution in [0.2, 0.25) is 0 Å². The van der Waals surface area contributed by atoms with E-state index in [0.29, 0.717) is 12.8 Å². The molecule has 14 nitrogen and oxygen atoms in total. The van der Waals surface area contributed by atoms with Gasteiger partial charge in [-0.15, -0.1) is 0 Å². The standard InChI is InChI=1S/C46H77NO13/c1-3-5-7-8-9-10-11-12-13-14-15-16-17-18-19-20-21-22-23-24-25-26-28-30-38(51)47-34(35(50)29-27-6-4-2)33-57-45-43(56)41(54)44(37(32-49)59-45)60-46-42(55)40(53)39(52)36(31-48)58-46/h5,7,9-10,12-13,15-16,18-19,27,29,34-37,39-46,48-50,52-56H,3-4,6,8,11,14,17,20-26,28,30-33H2,1-2H3,(H,47,51)/b7-5-,10-9-,13-12-,16-15-,19-18-,29-27+. The number of hydrogen-bond acceptors (Lipinski definition) is 13. The zero-order valence-corrected chi connectivity index (χ0v) is 35.9. The molecule has 0 radical (unpaired) electrons. The largest absolute Gasteiger partial charge is 0.394 e. The van der Waals surface area contributed by atoms with Gasteiger partial charge in [-0.3, -0.25) is 4.79 Å². The molecule has 344 valence electrons. The first kappa shape index (κ1) is 53.6. The number of amides is 1. The van der Waals surface area contributed by atoms with Crippen molar-refractivity contribution in [2.75, 3.05) is 19.8 Å². The molecule has 2 rings (SSSR count). The number of unbranched alkanes of at least 4 members (excludes halogenated alkanes) is 8. The number of carbonyl (C=O) groups is 1. The van der Waals surface area contributed by atoms with Crippen LogP contribution in [0.25, 0.3) is 0 Å². The number of carbonyl (C=O) groups excluding carboxylic acids is 1. The maximum atomic E-state index is 12.9. The molecule has 1 amide bonds. The van der Waals surface area contributed by atoms with Crippen molar-refractivity contribution in [1.29, 1.82) is 0 Å². The molecule has 0 aromatic carbocycles. The highest BCUT2D eigenvalue weighted by molar-refractivity contribution is 5.76. The summed E-state index contributed by atoms with van der Waals surface area (Å²) in [5.74, 6) is -0.269. The molecule has 2 heterocycles. The SMILES string of the molecule is CC/C=C\C/C=C\C/C=C\C/C=C\C/C=C\CCCCCCCCCC(=O)NC(COC1OC(CO)C(OC2OC(CO)C(O)C(O)C2O)C(O)C1O)C(O)/C=C/CCC. The molecule has 2 aliphatic heterocycles. The number of aliphatic hydroxyl groups excluding tert-OH is 8. The molecule has 0 aromatic heterocycles. The summed E-state index contributed by atoms with van der Waals surface area (Å²) in [4.78, 5) is 12.9. The molecule has 0 saturated carbocycles. The fraction of sp³-hybridized carbons (Fsp3) is 0.717. The molecule has 60 heavy (non-hydrogen) atoms. The van der Waals surface area contributed by atoms with Gasteiger partial charge in [0.05, 0.1) is 32.0 Å². The third-order valence-corrected chi connectivity index (χ3v) is 10.4. The second-order valence-corrected chi connectivity index (χ2v) is 15.4. The number of aliphatic hydroxyl groups is 8. The highest BCUT2D eigenvalue weighted by Crippen LogP contribution is 2.29. The van der Waals surface area contributed by atoms with Gasteiger partial charge in [-0.1, -0.05) is 125 Å². The van der Waals surface area contributed by atoms with E-state index in [0.717, 1.165) is 77.0 Å². The minimum absolute atomic E-state index is 0.261. The van der Waals surface area contributed by atoms with Gasteiger partial charge in [0, 0.05) is 6.42 Å². The fourth-order valence-corrected chi connectivity index (χ4v) is 6.73. The Morgan fingerprint density at radius 1 is 0.617 bits per heavy atom. The maximum absolute atomic E-state index is 12.9. The Morgan fingerprint density at radius 3 is 1.73 bits per heavy atom. The van der Waals surface area contributed by atoms with Crippen LogP contribution in [0.4, 0.5) is 0 Å². The molecule has 2 fully saturated rings. The minimum Gasteiger partial charge on any atom is -0.394 e. The quantitative estimate of drug-likeness (QED) is 0.0354. The minimum atomic E-state index is -1.79. The van der Waals surface area contributed by atoms with Crippen LogP contribution in [0.15, 0.2) is 72.9 Å². The predicted octanol–water partition coefficient (Wildman–Crippen LogP) is 4.09. The number of rotatable bonds is 31. The molecular formula is C46H77NO13. The van der Waals surface area contributed by atoms with Crippen molar-refractivity contribution in [3.05, 3.63) is 72.9 Å². The maximum Gasteiger partial charge on any atom is 0.220 e. The molecular weight excluding hydrogens is 775 g/mol. The van der Waals surface area contributed by atoms with Crippen LogP contribution in [0.3, 0.4) is 0 Å². The van der Waals surface area contributed by atoms with E-state index in [-0.39, 0.29) is 18.9 Å². The van der Waals surface area contributed by atoms with Crippen molar-refractivity contribution in [3.63, 3.8) is 0 Å². The van der Waals surface area contributed by atoms with Crippen molar-refractivity contribution in [2.24, 2.45) is 0 Å². The first-order valence-corrected chi connectivity index (χ1v) is 22.2. The fourth-order valence-electron chi connectivity index (χ4n) is 6.73.